The van der Waals surface area contributed by atoms with Crippen LogP contribution in [0.1, 0.15) is 31.9 Å². The van der Waals surface area contributed by atoms with Crippen LogP contribution in [0.4, 0.5) is 0 Å². The van der Waals surface area contributed by atoms with Crippen LogP contribution in [0.5, 0.6) is 0 Å². The summed E-state index contributed by atoms with van der Waals surface area (Å²) in [5.41, 5.74) is 2.49. The number of benzene rings is 1. The van der Waals surface area contributed by atoms with Crippen molar-refractivity contribution in [2.24, 2.45) is 0 Å². The van der Waals surface area contributed by atoms with Crippen molar-refractivity contribution >= 4 is 12.4 Å². The second-order valence-corrected chi connectivity index (χ2v) is 4.33. The molecule has 0 aromatic heterocycles. The zero-order valence-electron chi connectivity index (χ0n) is 8.95. The van der Waals surface area contributed by atoms with Gasteiger partial charge in [0.2, 0.25) is 0 Å². The van der Waals surface area contributed by atoms with Crippen LogP contribution in [-0.2, 0) is 10.2 Å². The zero-order chi connectivity index (χ0) is 10.6. The second-order valence-electron chi connectivity index (χ2n) is 4.33. The monoisotopic (exact) mass is 188 g/mol. The Morgan fingerprint density at radius 1 is 1.14 bits per heavy atom. The summed E-state index contributed by atoms with van der Waals surface area (Å²) in [7, 11) is 0. The molecule has 14 heavy (non-hydrogen) atoms. The molecule has 1 aromatic rings. The molecule has 74 valence electrons. The number of allylic oxidation sites excluding steroid dienone is 1. The van der Waals surface area contributed by atoms with E-state index in [4.69, 9.17) is 0 Å². The minimum Gasteiger partial charge on any atom is -0.299 e. The molecule has 1 nitrogen and oxygen atoms in total. The van der Waals surface area contributed by atoms with E-state index in [1.165, 1.54) is 11.6 Å². The second kappa shape index (κ2) is 4.23. The Morgan fingerprint density at radius 2 is 1.79 bits per heavy atom. The van der Waals surface area contributed by atoms with E-state index >= 15 is 0 Å². The Morgan fingerprint density at radius 3 is 2.36 bits per heavy atom. The maximum atomic E-state index is 10.3. The number of aldehydes is 1. The maximum Gasteiger partial charge on any atom is 0.142 e. The molecule has 0 unspecified atom stereocenters. The fourth-order valence-electron chi connectivity index (χ4n) is 1.47. The average Bonchev–Trinajstić information content (AvgIpc) is 2.14. The lowest BCUT2D eigenvalue weighted by Gasteiger charge is -2.21. The molecule has 0 bridgehead atoms. The average molecular weight is 188 g/mol. The fourth-order valence-corrected chi connectivity index (χ4v) is 1.47. The van der Waals surface area contributed by atoms with E-state index in [1.807, 2.05) is 24.3 Å². The van der Waals surface area contributed by atoms with Crippen LogP contribution in [0.25, 0.3) is 6.08 Å². The lowest BCUT2D eigenvalue weighted by Crippen LogP contribution is -2.12. The third kappa shape index (κ3) is 2.56. The van der Waals surface area contributed by atoms with Crippen molar-refractivity contribution in [3.05, 3.63) is 41.5 Å². The van der Waals surface area contributed by atoms with Gasteiger partial charge in [-0.2, -0.15) is 0 Å². The first-order valence-corrected chi connectivity index (χ1v) is 4.77. The van der Waals surface area contributed by atoms with E-state index in [0.29, 0.717) is 0 Å². The minimum atomic E-state index is 0.115. The van der Waals surface area contributed by atoms with Gasteiger partial charge in [0.1, 0.15) is 6.29 Å². The number of carbonyl (C=O) groups is 1. The molecule has 1 aromatic carbocycles. The van der Waals surface area contributed by atoms with Crippen LogP contribution >= 0.6 is 0 Å². The van der Waals surface area contributed by atoms with E-state index in [0.717, 1.165) is 11.8 Å². The van der Waals surface area contributed by atoms with Gasteiger partial charge in [0.05, 0.1) is 0 Å². The molecule has 0 spiro atoms. The molecular formula is C13H16O. The van der Waals surface area contributed by atoms with Gasteiger partial charge in [0.15, 0.2) is 0 Å². The quantitative estimate of drug-likeness (QED) is 0.514. The summed E-state index contributed by atoms with van der Waals surface area (Å²) in [5.74, 6) is 0. The summed E-state index contributed by atoms with van der Waals surface area (Å²) in [5, 5.41) is 0. The predicted molar refractivity (Wildman–Crippen MR) is 60.2 cm³/mol. The molecule has 0 aliphatic rings. The van der Waals surface area contributed by atoms with Gasteiger partial charge in [-0.3, -0.25) is 4.79 Å². The highest BCUT2D eigenvalue weighted by atomic mass is 16.1. The Kier molecular flexibility index (Phi) is 3.23. The van der Waals surface area contributed by atoms with E-state index in [1.54, 1.807) is 0 Å². The summed E-state index contributed by atoms with van der Waals surface area (Å²) < 4.78 is 0. The van der Waals surface area contributed by atoms with E-state index in [9.17, 15) is 4.79 Å². The molecule has 0 aliphatic carbocycles. The predicted octanol–water partition coefficient (Wildman–Crippen LogP) is 3.20. The number of hydrogen-bond donors (Lipinski definition) is 0. The molecule has 0 saturated carbocycles. The number of hydrogen-bond acceptors (Lipinski definition) is 1. The first kappa shape index (κ1) is 10.7. The molecule has 0 radical (unpaired) electrons. The van der Waals surface area contributed by atoms with Crippen LogP contribution in [0, 0.1) is 0 Å². The van der Waals surface area contributed by atoms with Gasteiger partial charge in [-0.15, -0.1) is 0 Å². The first-order valence-electron chi connectivity index (χ1n) is 4.77. The van der Waals surface area contributed by atoms with Gasteiger partial charge in [-0.25, -0.2) is 0 Å². The van der Waals surface area contributed by atoms with Crippen molar-refractivity contribution in [2.75, 3.05) is 0 Å². The molecule has 1 rings (SSSR count). The van der Waals surface area contributed by atoms with Gasteiger partial charge in [-0.1, -0.05) is 51.1 Å². The largest absolute Gasteiger partial charge is 0.299 e. The van der Waals surface area contributed by atoms with Crippen LogP contribution in [0.15, 0.2) is 30.3 Å². The van der Waals surface area contributed by atoms with Crippen molar-refractivity contribution in [2.45, 2.75) is 26.2 Å². The van der Waals surface area contributed by atoms with E-state index in [-0.39, 0.29) is 5.41 Å². The van der Waals surface area contributed by atoms with Crippen LogP contribution in [0.2, 0.25) is 0 Å². The van der Waals surface area contributed by atoms with Gasteiger partial charge >= 0.3 is 0 Å². The Labute approximate surface area is 85.5 Å². The van der Waals surface area contributed by atoms with Crippen molar-refractivity contribution in [3.8, 4) is 0 Å². The molecule has 0 fully saturated rings. The van der Waals surface area contributed by atoms with E-state index < -0.39 is 0 Å². The highest BCUT2D eigenvalue weighted by molar-refractivity contribution is 5.74. The van der Waals surface area contributed by atoms with Crippen molar-refractivity contribution in [3.63, 3.8) is 0 Å². The Bertz CT molecular complexity index is 342. The molecule has 0 atom stereocenters. The number of carbonyl (C=O) groups excluding carboxylic acids is 1. The van der Waals surface area contributed by atoms with Gasteiger partial charge < -0.3 is 0 Å². The summed E-state index contributed by atoms with van der Waals surface area (Å²) in [6.07, 6.45) is 4.19. The SMILES string of the molecule is CC(C)(C)c1ccccc1/C=C/C=O. The fraction of sp³-hybridized carbons (Fsp3) is 0.308. The summed E-state index contributed by atoms with van der Waals surface area (Å²) in [4.78, 5) is 10.3. The maximum absolute atomic E-state index is 10.3. The van der Waals surface area contributed by atoms with Gasteiger partial charge in [0.25, 0.3) is 0 Å². The smallest absolute Gasteiger partial charge is 0.142 e. The molecule has 0 aliphatic heterocycles. The van der Waals surface area contributed by atoms with Crippen molar-refractivity contribution < 1.29 is 4.79 Å². The Balaban J connectivity index is 3.16. The summed E-state index contributed by atoms with van der Waals surface area (Å²) in [6, 6.07) is 8.14. The van der Waals surface area contributed by atoms with Crippen LogP contribution < -0.4 is 0 Å². The molecule has 0 amide bonds. The third-order valence-corrected chi connectivity index (χ3v) is 2.12. The first-order chi connectivity index (χ1) is 6.55. The molecule has 1 heteroatoms. The lowest BCUT2D eigenvalue weighted by atomic mass is 9.84. The normalized spacial score (nSPS) is 11.9. The van der Waals surface area contributed by atoms with Crippen LogP contribution in [-0.4, -0.2) is 6.29 Å². The highest BCUT2D eigenvalue weighted by Crippen LogP contribution is 2.26. The van der Waals surface area contributed by atoms with Gasteiger partial charge in [-0.05, 0) is 22.6 Å². The molecule has 0 saturated heterocycles. The number of rotatable bonds is 2. The summed E-state index contributed by atoms with van der Waals surface area (Å²) >= 11 is 0. The zero-order valence-corrected chi connectivity index (χ0v) is 8.95. The Hall–Kier alpha value is -1.37. The van der Waals surface area contributed by atoms with Crippen LogP contribution in [0.3, 0.4) is 0 Å². The third-order valence-electron chi connectivity index (χ3n) is 2.12. The molecular weight excluding hydrogens is 172 g/mol. The summed E-state index contributed by atoms with van der Waals surface area (Å²) in [6.45, 7) is 6.50. The molecule has 0 N–H and O–H groups in total. The molecule has 0 heterocycles. The minimum absolute atomic E-state index is 0.115. The van der Waals surface area contributed by atoms with Crippen molar-refractivity contribution in [1.29, 1.82) is 0 Å². The standard InChI is InChI=1S/C13H16O/c1-13(2,3)12-9-5-4-7-11(12)8-6-10-14/h4-10H,1-3H3/b8-6+. The van der Waals surface area contributed by atoms with E-state index in [2.05, 4.69) is 26.8 Å². The topological polar surface area (TPSA) is 17.1 Å². The van der Waals surface area contributed by atoms with Crippen molar-refractivity contribution in [1.82, 2.24) is 0 Å². The highest BCUT2D eigenvalue weighted by Gasteiger charge is 2.15. The van der Waals surface area contributed by atoms with Gasteiger partial charge in [0, 0.05) is 0 Å². The lowest BCUT2D eigenvalue weighted by molar-refractivity contribution is -0.104.